The summed E-state index contributed by atoms with van der Waals surface area (Å²) in [4.78, 5) is 11.7. The van der Waals surface area contributed by atoms with Crippen LogP contribution in [0.25, 0.3) is 0 Å². The maximum atomic E-state index is 13.9. The van der Waals surface area contributed by atoms with E-state index in [2.05, 4.69) is 12.2 Å². The fraction of sp³-hybridized carbons (Fsp3) is 0.941. The van der Waals surface area contributed by atoms with Gasteiger partial charge in [-0.05, 0) is 25.7 Å². The number of halogens is 2. The minimum atomic E-state index is -3.80. The maximum Gasteiger partial charge on any atom is 0.349 e. The Hall–Kier alpha value is -0.750. The van der Waals surface area contributed by atoms with Crippen molar-refractivity contribution in [2.75, 3.05) is 0 Å². The Morgan fingerprint density at radius 3 is 2.35 bits per heavy atom. The van der Waals surface area contributed by atoms with E-state index in [4.69, 9.17) is 0 Å². The molecule has 1 amide bonds. The van der Waals surface area contributed by atoms with E-state index in [-0.39, 0.29) is 6.42 Å². The zero-order chi connectivity index (χ0) is 17.3. The van der Waals surface area contributed by atoms with Crippen LogP contribution in [0.4, 0.5) is 8.78 Å². The Morgan fingerprint density at radius 1 is 1.17 bits per heavy atom. The third-order valence-corrected chi connectivity index (χ3v) is 4.60. The van der Waals surface area contributed by atoms with Gasteiger partial charge in [0.2, 0.25) is 0 Å². The molecule has 0 aliphatic heterocycles. The van der Waals surface area contributed by atoms with Crippen LogP contribution in [0.3, 0.4) is 0 Å². The highest BCUT2D eigenvalue weighted by molar-refractivity contribution is 5.84. The third-order valence-electron chi connectivity index (χ3n) is 4.60. The van der Waals surface area contributed by atoms with E-state index in [9.17, 15) is 23.8 Å². The van der Waals surface area contributed by atoms with Crippen LogP contribution in [0.2, 0.25) is 0 Å². The van der Waals surface area contributed by atoms with Crippen LogP contribution in [-0.2, 0) is 4.79 Å². The smallest absolute Gasteiger partial charge is 0.349 e. The van der Waals surface area contributed by atoms with E-state index in [0.29, 0.717) is 25.7 Å². The maximum absolute atomic E-state index is 13.9. The molecular formula is C17H31F2NO3. The van der Waals surface area contributed by atoms with Crippen molar-refractivity contribution in [1.82, 2.24) is 5.32 Å². The molecule has 0 spiro atoms. The van der Waals surface area contributed by atoms with Crippen LogP contribution in [0.5, 0.6) is 0 Å². The summed E-state index contributed by atoms with van der Waals surface area (Å²) in [6.45, 7) is 2.13. The Kier molecular flexibility index (Phi) is 8.99. The second-order valence-electron chi connectivity index (χ2n) is 6.63. The van der Waals surface area contributed by atoms with E-state index in [1.807, 2.05) is 0 Å². The number of carbonyl (C=O) groups is 1. The number of amides is 1. The zero-order valence-electron chi connectivity index (χ0n) is 14.1. The van der Waals surface area contributed by atoms with Gasteiger partial charge in [0.1, 0.15) is 6.10 Å². The molecule has 4 nitrogen and oxygen atoms in total. The van der Waals surface area contributed by atoms with Crippen molar-refractivity contribution >= 4 is 5.91 Å². The molecule has 0 aromatic carbocycles. The van der Waals surface area contributed by atoms with Crippen LogP contribution in [-0.4, -0.2) is 40.3 Å². The van der Waals surface area contributed by atoms with Gasteiger partial charge >= 0.3 is 5.92 Å². The van der Waals surface area contributed by atoms with Crippen molar-refractivity contribution in [3.8, 4) is 0 Å². The van der Waals surface area contributed by atoms with E-state index in [1.165, 1.54) is 6.42 Å². The molecule has 0 saturated heterocycles. The van der Waals surface area contributed by atoms with Gasteiger partial charge in [0, 0.05) is 0 Å². The highest BCUT2D eigenvalue weighted by Gasteiger charge is 2.47. The van der Waals surface area contributed by atoms with Crippen LogP contribution in [0.15, 0.2) is 0 Å². The van der Waals surface area contributed by atoms with Crippen molar-refractivity contribution < 1.29 is 23.8 Å². The first-order valence-electron chi connectivity index (χ1n) is 8.94. The summed E-state index contributed by atoms with van der Waals surface area (Å²) >= 11 is 0. The number of aliphatic hydroxyl groups is 2. The van der Waals surface area contributed by atoms with Crippen LogP contribution in [0.1, 0.15) is 77.6 Å². The molecule has 1 aliphatic carbocycles. The Balaban J connectivity index is 2.26. The quantitative estimate of drug-likeness (QED) is 0.508. The van der Waals surface area contributed by atoms with Crippen molar-refractivity contribution in [1.29, 1.82) is 0 Å². The third kappa shape index (κ3) is 6.71. The predicted molar refractivity (Wildman–Crippen MR) is 85.4 cm³/mol. The molecule has 3 atom stereocenters. The average molecular weight is 335 g/mol. The fourth-order valence-corrected chi connectivity index (χ4v) is 3.00. The number of nitrogens with one attached hydrogen (secondary N) is 1. The van der Waals surface area contributed by atoms with Gasteiger partial charge in [-0.25, -0.2) is 0 Å². The number of alkyl halides is 2. The first-order chi connectivity index (χ1) is 10.9. The highest BCUT2D eigenvalue weighted by atomic mass is 19.3. The molecule has 0 aromatic rings. The molecular weight excluding hydrogens is 304 g/mol. The molecule has 1 unspecified atom stereocenters. The molecule has 1 aliphatic rings. The monoisotopic (exact) mass is 335 g/mol. The summed E-state index contributed by atoms with van der Waals surface area (Å²) < 4.78 is 27.8. The van der Waals surface area contributed by atoms with Gasteiger partial charge in [-0.1, -0.05) is 51.9 Å². The summed E-state index contributed by atoms with van der Waals surface area (Å²) in [7, 11) is 0. The summed E-state index contributed by atoms with van der Waals surface area (Å²) in [5, 5.41) is 21.4. The van der Waals surface area contributed by atoms with Crippen LogP contribution in [0, 0.1) is 0 Å². The second kappa shape index (κ2) is 10.2. The van der Waals surface area contributed by atoms with Gasteiger partial charge in [0.25, 0.3) is 5.91 Å². The average Bonchev–Trinajstić information content (AvgIpc) is 2.91. The van der Waals surface area contributed by atoms with Crippen LogP contribution >= 0.6 is 0 Å². The Morgan fingerprint density at radius 2 is 1.78 bits per heavy atom. The van der Waals surface area contributed by atoms with E-state index in [0.717, 1.165) is 32.1 Å². The molecule has 0 radical (unpaired) electrons. The predicted octanol–water partition coefficient (Wildman–Crippen LogP) is 3.15. The van der Waals surface area contributed by atoms with Crippen molar-refractivity contribution in [3.63, 3.8) is 0 Å². The van der Waals surface area contributed by atoms with Gasteiger partial charge in [-0.15, -0.1) is 0 Å². The zero-order valence-corrected chi connectivity index (χ0v) is 14.1. The molecule has 1 fully saturated rings. The van der Waals surface area contributed by atoms with Crippen molar-refractivity contribution in [3.05, 3.63) is 0 Å². The molecule has 0 bridgehead atoms. The lowest BCUT2D eigenvalue weighted by atomic mass is 10.0. The lowest BCUT2D eigenvalue weighted by Crippen LogP contribution is -2.52. The van der Waals surface area contributed by atoms with Crippen molar-refractivity contribution in [2.45, 2.75) is 102 Å². The number of aliphatic hydroxyl groups excluding tert-OH is 2. The molecule has 0 aromatic heterocycles. The second-order valence-corrected chi connectivity index (χ2v) is 6.63. The van der Waals surface area contributed by atoms with E-state index < -0.39 is 30.1 Å². The van der Waals surface area contributed by atoms with E-state index in [1.54, 1.807) is 0 Å². The molecule has 6 heteroatoms. The number of hydrogen-bond donors (Lipinski definition) is 3. The normalized spacial score (nSPS) is 23.0. The molecule has 1 saturated carbocycles. The molecule has 0 heterocycles. The summed E-state index contributed by atoms with van der Waals surface area (Å²) in [5.41, 5.74) is 0. The Labute approximate surface area is 137 Å². The van der Waals surface area contributed by atoms with Gasteiger partial charge in [-0.3, -0.25) is 4.79 Å². The lowest BCUT2D eigenvalue weighted by Gasteiger charge is -2.24. The van der Waals surface area contributed by atoms with Gasteiger partial charge < -0.3 is 15.5 Å². The van der Waals surface area contributed by atoms with Gasteiger partial charge in [0.15, 0.2) is 0 Å². The molecule has 23 heavy (non-hydrogen) atoms. The number of hydrogen-bond acceptors (Lipinski definition) is 3. The fourth-order valence-electron chi connectivity index (χ4n) is 3.00. The Bertz CT molecular complexity index is 353. The highest BCUT2D eigenvalue weighted by Crippen LogP contribution is 2.26. The minimum absolute atomic E-state index is 0.0819. The largest absolute Gasteiger partial charge is 0.391 e. The molecule has 1 rings (SSSR count). The molecule has 3 N–H and O–H groups in total. The number of carbonyl (C=O) groups excluding carboxylic acids is 1. The first kappa shape index (κ1) is 20.3. The summed E-state index contributed by atoms with van der Waals surface area (Å²) in [5.74, 6) is -5.27. The van der Waals surface area contributed by atoms with Gasteiger partial charge in [-0.2, -0.15) is 8.78 Å². The van der Waals surface area contributed by atoms with Crippen LogP contribution < -0.4 is 5.32 Å². The van der Waals surface area contributed by atoms with Gasteiger partial charge in [0.05, 0.1) is 12.1 Å². The SMILES string of the molecule is CCCCCCCCCC(O)C(F)(F)C(=O)N[C@H]1CCC[C@@H]1O. The topological polar surface area (TPSA) is 69.6 Å². The standard InChI is InChI=1S/C17H31F2NO3/c1-2-3-4-5-6-7-8-12-15(22)17(18,19)16(23)20-13-10-9-11-14(13)21/h13-15,21-22H,2-12H2,1H3,(H,20,23)/t13-,14-,15?/m0/s1. The summed E-state index contributed by atoms with van der Waals surface area (Å²) in [6, 6.07) is -0.626. The minimum Gasteiger partial charge on any atom is -0.391 e. The molecule has 136 valence electrons. The summed E-state index contributed by atoms with van der Waals surface area (Å²) in [6.07, 6.45) is 5.74. The number of rotatable bonds is 11. The lowest BCUT2D eigenvalue weighted by molar-refractivity contribution is -0.165. The first-order valence-corrected chi connectivity index (χ1v) is 8.94. The number of unbranched alkanes of at least 4 members (excludes halogenated alkanes) is 6. The van der Waals surface area contributed by atoms with Crippen molar-refractivity contribution in [2.24, 2.45) is 0 Å². The van der Waals surface area contributed by atoms with E-state index >= 15 is 0 Å².